The van der Waals surface area contributed by atoms with Crippen molar-refractivity contribution in [3.8, 4) is 0 Å². The Kier molecular flexibility index (Phi) is 4.55. The Bertz CT molecular complexity index is 698. The van der Waals surface area contributed by atoms with Crippen molar-refractivity contribution in [1.82, 2.24) is 10.3 Å². The monoisotopic (exact) mass is 373 g/mol. The molecular formula is C17H16BrN3S. The average Bonchev–Trinajstić information content (AvgIpc) is 3.01. The van der Waals surface area contributed by atoms with Crippen molar-refractivity contribution in [3.05, 3.63) is 70.2 Å². The van der Waals surface area contributed by atoms with Crippen LogP contribution in [-0.2, 0) is 0 Å². The molecular weight excluding hydrogens is 358 g/mol. The summed E-state index contributed by atoms with van der Waals surface area (Å²) in [6, 6.07) is 18.7. The quantitative estimate of drug-likeness (QED) is 0.802. The maximum absolute atomic E-state index is 5.42. The van der Waals surface area contributed by atoms with E-state index in [0.717, 1.165) is 22.2 Å². The van der Waals surface area contributed by atoms with E-state index in [2.05, 4.69) is 45.5 Å². The van der Waals surface area contributed by atoms with Crippen LogP contribution in [-0.4, -0.2) is 22.9 Å². The molecule has 2 aromatic rings. The summed E-state index contributed by atoms with van der Waals surface area (Å²) in [5, 5.41) is 10.3. The second kappa shape index (κ2) is 6.58. The lowest BCUT2D eigenvalue weighted by molar-refractivity contribution is 0.367. The maximum atomic E-state index is 5.42. The van der Waals surface area contributed by atoms with Gasteiger partial charge in [-0.05, 0) is 35.5 Å². The van der Waals surface area contributed by atoms with Crippen LogP contribution in [0.1, 0.15) is 23.6 Å². The molecule has 0 amide bonds. The molecule has 3 nitrogen and oxygen atoms in total. The molecule has 1 atom stereocenters. The van der Waals surface area contributed by atoms with Gasteiger partial charge in [0.15, 0.2) is 5.11 Å². The maximum Gasteiger partial charge on any atom is 0.189 e. The highest BCUT2D eigenvalue weighted by Crippen LogP contribution is 2.32. The van der Waals surface area contributed by atoms with Gasteiger partial charge in [-0.1, -0.05) is 58.4 Å². The minimum atomic E-state index is 0.139. The average molecular weight is 374 g/mol. The zero-order valence-corrected chi connectivity index (χ0v) is 14.6. The molecule has 22 heavy (non-hydrogen) atoms. The molecule has 0 aromatic heterocycles. The normalized spacial score (nSPS) is 17.3. The molecule has 1 aliphatic rings. The van der Waals surface area contributed by atoms with Gasteiger partial charge in [0, 0.05) is 17.9 Å². The van der Waals surface area contributed by atoms with Gasteiger partial charge in [0.25, 0.3) is 0 Å². The van der Waals surface area contributed by atoms with Crippen molar-refractivity contribution in [3.63, 3.8) is 0 Å². The van der Waals surface area contributed by atoms with E-state index in [-0.39, 0.29) is 6.04 Å². The van der Waals surface area contributed by atoms with E-state index >= 15 is 0 Å². The van der Waals surface area contributed by atoms with Gasteiger partial charge in [-0.25, -0.2) is 5.01 Å². The minimum Gasteiger partial charge on any atom is -0.364 e. The van der Waals surface area contributed by atoms with E-state index in [4.69, 9.17) is 17.3 Å². The topological polar surface area (TPSA) is 27.6 Å². The van der Waals surface area contributed by atoms with E-state index in [0.29, 0.717) is 5.11 Å². The van der Waals surface area contributed by atoms with Crippen molar-refractivity contribution in [2.24, 2.45) is 5.10 Å². The van der Waals surface area contributed by atoms with E-state index in [1.54, 1.807) is 0 Å². The van der Waals surface area contributed by atoms with E-state index in [9.17, 15) is 0 Å². The first-order chi connectivity index (χ1) is 10.7. The van der Waals surface area contributed by atoms with Gasteiger partial charge in [0.1, 0.15) is 0 Å². The van der Waals surface area contributed by atoms with Gasteiger partial charge in [-0.15, -0.1) is 0 Å². The smallest absolute Gasteiger partial charge is 0.189 e. The highest BCUT2D eigenvalue weighted by Gasteiger charge is 2.30. The van der Waals surface area contributed by atoms with E-state index in [1.807, 2.05) is 42.4 Å². The predicted molar refractivity (Wildman–Crippen MR) is 98.0 cm³/mol. The molecule has 0 unspecified atom stereocenters. The number of nitrogens with one attached hydrogen (secondary N) is 1. The molecule has 0 fully saturated rings. The Hall–Kier alpha value is -1.72. The summed E-state index contributed by atoms with van der Waals surface area (Å²) in [5.41, 5.74) is 3.40. The first kappa shape index (κ1) is 15.2. The lowest BCUT2D eigenvalue weighted by atomic mass is 9.99. The van der Waals surface area contributed by atoms with Crippen LogP contribution in [0.4, 0.5) is 0 Å². The summed E-state index contributed by atoms with van der Waals surface area (Å²) in [6.45, 7) is 0. The van der Waals surface area contributed by atoms with Crippen LogP contribution in [0.5, 0.6) is 0 Å². The second-order valence-electron chi connectivity index (χ2n) is 5.08. The molecule has 1 heterocycles. The molecule has 0 saturated carbocycles. The van der Waals surface area contributed by atoms with E-state index in [1.165, 1.54) is 5.56 Å². The fraction of sp³-hybridized carbons (Fsp3) is 0.176. The van der Waals surface area contributed by atoms with Gasteiger partial charge in [-0.3, -0.25) is 0 Å². The van der Waals surface area contributed by atoms with E-state index < -0.39 is 0 Å². The first-order valence-corrected chi connectivity index (χ1v) is 8.28. The summed E-state index contributed by atoms with van der Waals surface area (Å²) < 4.78 is 1.07. The van der Waals surface area contributed by atoms with Crippen LogP contribution in [0, 0.1) is 0 Å². The Morgan fingerprint density at radius 3 is 2.50 bits per heavy atom. The molecule has 1 N–H and O–H groups in total. The third-order valence-corrected chi connectivity index (χ3v) is 4.61. The summed E-state index contributed by atoms with van der Waals surface area (Å²) in [6.07, 6.45) is 0.841. The van der Waals surface area contributed by atoms with Gasteiger partial charge < -0.3 is 5.32 Å². The molecule has 5 heteroatoms. The highest BCUT2D eigenvalue weighted by atomic mass is 79.9. The zero-order valence-electron chi connectivity index (χ0n) is 12.2. The second-order valence-corrected chi connectivity index (χ2v) is 6.39. The number of hydrazone groups is 1. The zero-order chi connectivity index (χ0) is 15.5. The third-order valence-electron chi connectivity index (χ3n) is 3.69. The third kappa shape index (κ3) is 3.05. The van der Waals surface area contributed by atoms with Crippen molar-refractivity contribution in [2.75, 3.05) is 7.05 Å². The summed E-state index contributed by atoms with van der Waals surface area (Å²) in [7, 11) is 1.83. The van der Waals surface area contributed by atoms with Crippen LogP contribution < -0.4 is 5.32 Å². The van der Waals surface area contributed by atoms with Crippen molar-refractivity contribution in [1.29, 1.82) is 0 Å². The number of thiocarbonyl (C=S) groups is 1. The van der Waals surface area contributed by atoms with Gasteiger partial charge in [-0.2, -0.15) is 5.10 Å². The lowest BCUT2D eigenvalue weighted by Crippen LogP contribution is -2.34. The van der Waals surface area contributed by atoms with Crippen molar-refractivity contribution >= 4 is 39.0 Å². The molecule has 112 valence electrons. The Balaban J connectivity index is 1.94. The molecule has 3 rings (SSSR count). The van der Waals surface area contributed by atoms with Crippen LogP contribution >= 0.6 is 28.1 Å². The van der Waals surface area contributed by atoms with Crippen LogP contribution in [0.2, 0.25) is 0 Å². The minimum absolute atomic E-state index is 0.139. The molecule has 1 aliphatic heterocycles. The van der Waals surface area contributed by atoms with Crippen LogP contribution in [0.3, 0.4) is 0 Å². The SMILES string of the molecule is CNC(=S)N1N=C(c2ccc(Br)cc2)C[C@H]1c1ccccc1. The molecule has 2 aromatic carbocycles. The fourth-order valence-electron chi connectivity index (χ4n) is 2.56. The molecule has 0 aliphatic carbocycles. The van der Waals surface area contributed by atoms with Crippen molar-refractivity contribution in [2.45, 2.75) is 12.5 Å². The molecule has 0 radical (unpaired) electrons. The number of halogens is 1. The molecule has 0 bridgehead atoms. The van der Waals surface area contributed by atoms with Gasteiger partial charge in [0.05, 0.1) is 11.8 Å². The predicted octanol–water partition coefficient (Wildman–Crippen LogP) is 4.10. The lowest BCUT2D eigenvalue weighted by Gasteiger charge is -2.23. The molecule has 0 saturated heterocycles. The highest BCUT2D eigenvalue weighted by molar-refractivity contribution is 9.10. The first-order valence-electron chi connectivity index (χ1n) is 7.08. The van der Waals surface area contributed by atoms with Gasteiger partial charge >= 0.3 is 0 Å². The van der Waals surface area contributed by atoms with Crippen molar-refractivity contribution < 1.29 is 0 Å². The largest absolute Gasteiger partial charge is 0.364 e. The van der Waals surface area contributed by atoms with Crippen LogP contribution in [0.15, 0.2) is 64.2 Å². The summed E-state index contributed by atoms with van der Waals surface area (Å²) in [4.78, 5) is 0. The number of benzene rings is 2. The van der Waals surface area contributed by atoms with Crippen LogP contribution in [0.25, 0.3) is 0 Å². The standard InChI is InChI=1S/C17H16BrN3S/c1-19-17(22)21-16(13-5-3-2-4-6-13)11-15(20-21)12-7-9-14(18)10-8-12/h2-10,16H,11H2,1H3,(H,19,22)/t16-/m0/s1. The summed E-state index contributed by atoms with van der Waals surface area (Å²) in [5.74, 6) is 0. The fourth-order valence-corrected chi connectivity index (χ4v) is 3.00. The number of hydrogen-bond acceptors (Lipinski definition) is 2. The Morgan fingerprint density at radius 2 is 1.86 bits per heavy atom. The summed E-state index contributed by atoms with van der Waals surface area (Å²) >= 11 is 8.88. The Labute approximate surface area is 144 Å². The molecule has 0 spiro atoms. The Morgan fingerprint density at radius 1 is 1.18 bits per heavy atom. The number of rotatable bonds is 2. The van der Waals surface area contributed by atoms with Gasteiger partial charge in [0.2, 0.25) is 0 Å². The number of hydrogen-bond donors (Lipinski definition) is 1. The number of nitrogens with zero attached hydrogens (tertiary/aromatic N) is 2.